The van der Waals surface area contributed by atoms with Gasteiger partial charge in [0.2, 0.25) is 0 Å². The Bertz CT molecular complexity index is 389. The van der Waals surface area contributed by atoms with Gasteiger partial charge < -0.3 is 20.1 Å². The second-order valence-electron chi connectivity index (χ2n) is 7.76. The molecular weight excluding hydrogens is 282 g/mol. The van der Waals surface area contributed by atoms with E-state index >= 15 is 0 Å². The van der Waals surface area contributed by atoms with Crippen LogP contribution >= 0.6 is 0 Å². The molecule has 2 aliphatic rings. The van der Waals surface area contributed by atoms with Crippen molar-refractivity contribution in [3.05, 3.63) is 0 Å². The van der Waals surface area contributed by atoms with E-state index in [1.807, 2.05) is 27.8 Å². The summed E-state index contributed by atoms with van der Waals surface area (Å²) in [7, 11) is 2.04. The molecule has 6 nitrogen and oxygen atoms in total. The minimum absolute atomic E-state index is 0.232. The minimum Gasteiger partial charge on any atom is -0.444 e. The number of piperidine rings is 1. The van der Waals surface area contributed by atoms with Gasteiger partial charge in [0.1, 0.15) is 5.60 Å². The van der Waals surface area contributed by atoms with E-state index in [9.17, 15) is 9.90 Å². The minimum atomic E-state index is -0.598. The fraction of sp³-hybridized carbons (Fsp3) is 0.938. The number of amides is 1. The van der Waals surface area contributed by atoms with Gasteiger partial charge in [0.05, 0.1) is 5.60 Å². The molecule has 0 aromatic heterocycles. The van der Waals surface area contributed by atoms with Gasteiger partial charge in [0.15, 0.2) is 0 Å². The molecule has 2 N–H and O–H groups in total. The summed E-state index contributed by atoms with van der Waals surface area (Å²) in [5.41, 5.74) is -1.05. The molecule has 128 valence electrons. The van der Waals surface area contributed by atoms with Crippen molar-refractivity contribution < 1.29 is 14.6 Å². The SMILES string of the molecule is CN(CC1(O)CCNCC1)C1CCN(C(=O)OC(C)(C)C)C1. The maximum Gasteiger partial charge on any atom is 0.410 e. The molecule has 0 bridgehead atoms. The van der Waals surface area contributed by atoms with Crippen molar-refractivity contribution in [1.29, 1.82) is 0 Å². The Morgan fingerprint density at radius 1 is 1.41 bits per heavy atom. The highest BCUT2D eigenvalue weighted by Gasteiger charge is 2.36. The largest absolute Gasteiger partial charge is 0.444 e. The molecule has 1 amide bonds. The normalized spacial score (nSPS) is 25.5. The number of aliphatic hydroxyl groups is 1. The molecule has 0 spiro atoms. The van der Waals surface area contributed by atoms with Gasteiger partial charge in [0, 0.05) is 25.7 Å². The number of likely N-dealkylation sites (N-methyl/N-ethyl adjacent to an activating group) is 1. The Hall–Kier alpha value is -0.850. The van der Waals surface area contributed by atoms with Gasteiger partial charge in [-0.05, 0) is 60.2 Å². The molecule has 2 fully saturated rings. The Kier molecular flexibility index (Phi) is 5.35. The Morgan fingerprint density at radius 3 is 2.64 bits per heavy atom. The summed E-state index contributed by atoms with van der Waals surface area (Å²) in [5, 5.41) is 13.9. The van der Waals surface area contributed by atoms with Crippen LogP contribution in [-0.4, -0.2) is 78.0 Å². The molecule has 1 unspecified atom stereocenters. The number of carbonyl (C=O) groups excluding carboxylic acids is 1. The lowest BCUT2D eigenvalue weighted by Crippen LogP contribution is -2.51. The Labute approximate surface area is 133 Å². The number of nitrogens with zero attached hydrogens (tertiary/aromatic N) is 2. The maximum atomic E-state index is 12.1. The molecule has 22 heavy (non-hydrogen) atoms. The Balaban J connectivity index is 1.83. The van der Waals surface area contributed by atoms with Gasteiger partial charge >= 0.3 is 6.09 Å². The first-order valence-electron chi connectivity index (χ1n) is 8.30. The van der Waals surface area contributed by atoms with Crippen molar-refractivity contribution in [1.82, 2.24) is 15.1 Å². The number of hydrogen-bond donors (Lipinski definition) is 2. The zero-order chi connectivity index (χ0) is 16.4. The van der Waals surface area contributed by atoms with Crippen LogP contribution in [0.5, 0.6) is 0 Å². The number of likely N-dealkylation sites (tertiary alicyclic amines) is 1. The highest BCUT2D eigenvalue weighted by molar-refractivity contribution is 5.68. The second kappa shape index (κ2) is 6.72. The van der Waals surface area contributed by atoms with Crippen LogP contribution in [0.25, 0.3) is 0 Å². The third-order valence-electron chi connectivity index (χ3n) is 4.52. The Morgan fingerprint density at radius 2 is 2.05 bits per heavy atom. The highest BCUT2D eigenvalue weighted by Crippen LogP contribution is 2.23. The summed E-state index contributed by atoms with van der Waals surface area (Å²) in [6.07, 6.45) is 2.29. The fourth-order valence-electron chi connectivity index (χ4n) is 3.24. The van der Waals surface area contributed by atoms with E-state index in [4.69, 9.17) is 4.74 Å². The van der Waals surface area contributed by atoms with Crippen LogP contribution in [0, 0.1) is 0 Å². The molecule has 0 aromatic carbocycles. The molecule has 1 atom stereocenters. The van der Waals surface area contributed by atoms with Crippen LogP contribution < -0.4 is 5.32 Å². The molecule has 2 aliphatic heterocycles. The fourth-order valence-corrected chi connectivity index (χ4v) is 3.24. The lowest BCUT2D eigenvalue weighted by atomic mass is 9.91. The molecular formula is C16H31N3O3. The summed E-state index contributed by atoms with van der Waals surface area (Å²) in [6, 6.07) is 0.298. The summed E-state index contributed by atoms with van der Waals surface area (Å²) in [6.45, 7) is 9.48. The first-order chi connectivity index (χ1) is 10.2. The summed E-state index contributed by atoms with van der Waals surface area (Å²) in [5.74, 6) is 0. The number of rotatable bonds is 3. The van der Waals surface area contributed by atoms with E-state index in [1.165, 1.54) is 0 Å². The van der Waals surface area contributed by atoms with Crippen molar-refractivity contribution in [2.45, 2.75) is 57.3 Å². The summed E-state index contributed by atoms with van der Waals surface area (Å²) >= 11 is 0. The van der Waals surface area contributed by atoms with Crippen LogP contribution in [0.3, 0.4) is 0 Å². The first-order valence-corrected chi connectivity index (χ1v) is 8.30. The summed E-state index contributed by atoms with van der Waals surface area (Å²) in [4.78, 5) is 16.1. The van der Waals surface area contributed by atoms with Crippen molar-refractivity contribution in [3.8, 4) is 0 Å². The van der Waals surface area contributed by atoms with Gasteiger partial charge in [-0.25, -0.2) is 4.79 Å². The number of nitrogens with one attached hydrogen (secondary N) is 1. The molecule has 2 rings (SSSR count). The van der Waals surface area contributed by atoms with Gasteiger partial charge in [0.25, 0.3) is 0 Å². The predicted molar refractivity (Wildman–Crippen MR) is 85.9 cm³/mol. The van der Waals surface area contributed by atoms with E-state index < -0.39 is 11.2 Å². The van der Waals surface area contributed by atoms with Crippen molar-refractivity contribution in [3.63, 3.8) is 0 Å². The highest BCUT2D eigenvalue weighted by atomic mass is 16.6. The van der Waals surface area contributed by atoms with Crippen LogP contribution in [0.1, 0.15) is 40.0 Å². The van der Waals surface area contributed by atoms with E-state index in [0.29, 0.717) is 19.1 Å². The van der Waals surface area contributed by atoms with Gasteiger partial charge in [-0.3, -0.25) is 4.90 Å². The zero-order valence-corrected chi connectivity index (χ0v) is 14.4. The molecule has 0 radical (unpaired) electrons. The van der Waals surface area contributed by atoms with Crippen molar-refractivity contribution in [2.75, 3.05) is 39.8 Å². The molecule has 6 heteroatoms. The number of ether oxygens (including phenoxy) is 1. The van der Waals surface area contributed by atoms with Crippen LogP contribution in [0.15, 0.2) is 0 Å². The number of carbonyl (C=O) groups is 1. The third-order valence-corrected chi connectivity index (χ3v) is 4.52. The maximum absolute atomic E-state index is 12.1. The topological polar surface area (TPSA) is 65.0 Å². The van der Waals surface area contributed by atoms with Gasteiger partial charge in [-0.2, -0.15) is 0 Å². The van der Waals surface area contributed by atoms with Crippen molar-refractivity contribution in [2.24, 2.45) is 0 Å². The lowest BCUT2D eigenvalue weighted by Gasteiger charge is -2.38. The smallest absolute Gasteiger partial charge is 0.410 e. The first kappa shape index (κ1) is 17.5. The molecule has 2 heterocycles. The van der Waals surface area contributed by atoms with Crippen LogP contribution in [0.4, 0.5) is 4.79 Å². The predicted octanol–water partition coefficient (Wildman–Crippen LogP) is 1.04. The average molecular weight is 313 g/mol. The van der Waals surface area contributed by atoms with E-state index in [1.54, 1.807) is 4.90 Å². The standard InChI is InChI=1S/C16H31N3O3/c1-15(2,3)22-14(20)19-10-5-13(11-19)18(4)12-16(21)6-8-17-9-7-16/h13,17,21H,5-12H2,1-4H3. The molecule has 0 aromatic rings. The van der Waals surface area contributed by atoms with Crippen LogP contribution in [-0.2, 0) is 4.74 Å². The van der Waals surface area contributed by atoms with E-state index in [2.05, 4.69) is 10.2 Å². The molecule has 0 saturated carbocycles. The van der Waals surface area contributed by atoms with Gasteiger partial charge in [-0.15, -0.1) is 0 Å². The van der Waals surface area contributed by atoms with E-state index in [0.717, 1.165) is 38.9 Å². The summed E-state index contributed by atoms with van der Waals surface area (Å²) < 4.78 is 5.43. The molecule has 0 aliphatic carbocycles. The number of hydrogen-bond acceptors (Lipinski definition) is 5. The van der Waals surface area contributed by atoms with Gasteiger partial charge in [-0.1, -0.05) is 0 Å². The monoisotopic (exact) mass is 313 g/mol. The van der Waals surface area contributed by atoms with Crippen LogP contribution in [0.2, 0.25) is 0 Å². The van der Waals surface area contributed by atoms with Crippen molar-refractivity contribution >= 4 is 6.09 Å². The lowest BCUT2D eigenvalue weighted by molar-refractivity contribution is -0.0234. The zero-order valence-electron chi connectivity index (χ0n) is 14.4. The van der Waals surface area contributed by atoms with E-state index in [-0.39, 0.29) is 6.09 Å². The quantitative estimate of drug-likeness (QED) is 0.815. The second-order valence-corrected chi connectivity index (χ2v) is 7.76. The average Bonchev–Trinajstić information content (AvgIpc) is 2.86. The molecule has 2 saturated heterocycles. The third kappa shape index (κ3) is 4.83.